The summed E-state index contributed by atoms with van der Waals surface area (Å²) >= 11 is 0. The summed E-state index contributed by atoms with van der Waals surface area (Å²) in [5.74, 6) is 6.36. The average molecular weight is 463 g/mol. The zero-order chi connectivity index (χ0) is 24.3. The van der Waals surface area contributed by atoms with Crippen LogP contribution in [-0.4, -0.2) is 0 Å². The van der Waals surface area contributed by atoms with Crippen molar-refractivity contribution < 1.29 is 0 Å². The van der Waals surface area contributed by atoms with Gasteiger partial charge in [0, 0.05) is 16.7 Å². The molecule has 2 nitrogen and oxygen atoms in total. The molecule has 172 valence electrons. The number of benzene rings is 6. The standard InChI is InChI=1S/C34H26N2/c35-36-34-30(25-16-7-2-8-17-25)29-23-13-22-28(24-14-5-1-6-15-24)33(29)31(26-18-9-3-10-19-26)32(34)27-20-11-4-12-21-27/h1-23,36H,35H2. The highest BCUT2D eigenvalue weighted by Gasteiger charge is 2.24. The van der Waals surface area contributed by atoms with Crippen LogP contribution >= 0.6 is 0 Å². The Labute approximate surface area is 211 Å². The van der Waals surface area contributed by atoms with Crippen molar-refractivity contribution in [2.24, 2.45) is 5.84 Å². The molecule has 0 amide bonds. The minimum absolute atomic E-state index is 0.920. The molecule has 0 fully saturated rings. The highest BCUT2D eigenvalue weighted by atomic mass is 15.2. The van der Waals surface area contributed by atoms with Crippen molar-refractivity contribution >= 4 is 16.5 Å². The summed E-state index contributed by atoms with van der Waals surface area (Å²) in [6.07, 6.45) is 0. The van der Waals surface area contributed by atoms with E-state index in [1.165, 1.54) is 22.1 Å². The Morgan fingerprint density at radius 3 is 1.33 bits per heavy atom. The first kappa shape index (κ1) is 21.8. The van der Waals surface area contributed by atoms with Gasteiger partial charge in [-0.15, -0.1) is 0 Å². The van der Waals surface area contributed by atoms with E-state index in [-0.39, 0.29) is 0 Å². The molecule has 0 aromatic heterocycles. The largest absolute Gasteiger partial charge is 0.323 e. The molecule has 0 aliphatic carbocycles. The highest BCUT2D eigenvalue weighted by Crippen LogP contribution is 2.51. The molecule has 0 spiro atoms. The van der Waals surface area contributed by atoms with Crippen LogP contribution in [0.3, 0.4) is 0 Å². The van der Waals surface area contributed by atoms with Crippen LogP contribution in [0.25, 0.3) is 55.3 Å². The number of hydrazine groups is 1. The predicted molar refractivity (Wildman–Crippen MR) is 154 cm³/mol. The van der Waals surface area contributed by atoms with E-state index in [4.69, 9.17) is 5.84 Å². The zero-order valence-electron chi connectivity index (χ0n) is 19.9. The minimum Gasteiger partial charge on any atom is -0.323 e. The lowest BCUT2D eigenvalue weighted by molar-refractivity contribution is 1.36. The first-order chi connectivity index (χ1) is 17.9. The number of nitrogens with two attached hydrogens (primary N) is 1. The van der Waals surface area contributed by atoms with E-state index in [2.05, 4.69) is 139 Å². The second kappa shape index (κ2) is 9.53. The van der Waals surface area contributed by atoms with Crippen molar-refractivity contribution in [1.82, 2.24) is 0 Å². The molecular formula is C34H26N2. The number of rotatable bonds is 5. The molecule has 36 heavy (non-hydrogen) atoms. The van der Waals surface area contributed by atoms with Crippen LogP contribution in [0.1, 0.15) is 0 Å². The lowest BCUT2D eigenvalue weighted by Gasteiger charge is -2.25. The number of nitrogen functional groups attached to an aromatic ring is 1. The van der Waals surface area contributed by atoms with Crippen molar-refractivity contribution in [3.63, 3.8) is 0 Å². The molecule has 0 unspecified atom stereocenters. The van der Waals surface area contributed by atoms with E-state index in [0.29, 0.717) is 0 Å². The van der Waals surface area contributed by atoms with E-state index >= 15 is 0 Å². The van der Waals surface area contributed by atoms with E-state index in [0.717, 1.165) is 38.9 Å². The molecule has 0 saturated carbocycles. The van der Waals surface area contributed by atoms with Gasteiger partial charge in [-0.1, -0.05) is 140 Å². The summed E-state index contributed by atoms with van der Waals surface area (Å²) in [5.41, 5.74) is 13.2. The van der Waals surface area contributed by atoms with Crippen LogP contribution in [0, 0.1) is 0 Å². The average Bonchev–Trinajstić information content (AvgIpc) is 2.97. The fourth-order valence-electron chi connectivity index (χ4n) is 5.23. The van der Waals surface area contributed by atoms with Crippen LogP contribution in [0.5, 0.6) is 0 Å². The van der Waals surface area contributed by atoms with Gasteiger partial charge in [-0.25, -0.2) is 0 Å². The Hall–Kier alpha value is -4.66. The maximum Gasteiger partial charge on any atom is 0.0654 e. The quantitative estimate of drug-likeness (QED) is 0.198. The third-order valence-electron chi connectivity index (χ3n) is 6.75. The number of hydrogen-bond donors (Lipinski definition) is 2. The fraction of sp³-hybridized carbons (Fsp3) is 0. The van der Waals surface area contributed by atoms with Crippen LogP contribution in [-0.2, 0) is 0 Å². The second-order valence-corrected chi connectivity index (χ2v) is 8.84. The summed E-state index contributed by atoms with van der Waals surface area (Å²) < 4.78 is 0. The van der Waals surface area contributed by atoms with Gasteiger partial charge in [0.25, 0.3) is 0 Å². The number of fused-ring (bicyclic) bond motifs is 1. The smallest absolute Gasteiger partial charge is 0.0654 e. The SMILES string of the molecule is NNc1c(-c2ccccc2)c(-c2ccccc2)c2c(-c3ccccc3)cccc2c1-c1ccccc1. The summed E-state index contributed by atoms with van der Waals surface area (Å²) in [5, 5.41) is 2.38. The van der Waals surface area contributed by atoms with Gasteiger partial charge in [-0.2, -0.15) is 0 Å². The molecule has 2 heteroatoms. The molecule has 0 heterocycles. The number of anilines is 1. The summed E-state index contributed by atoms with van der Waals surface area (Å²) in [7, 11) is 0. The second-order valence-electron chi connectivity index (χ2n) is 8.84. The van der Waals surface area contributed by atoms with Gasteiger partial charge in [0.05, 0.1) is 5.69 Å². The summed E-state index contributed by atoms with van der Waals surface area (Å²) in [4.78, 5) is 0. The Morgan fingerprint density at radius 1 is 0.389 bits per heavy atom. The molecule has 6 rings (SSSR count). The summed E-state index contributed by atoms with van der Waals surface area (Å²) in [6, 6.07) is 48.9. The molecule has 3 N–H and O–H groups in total. The van der Waals surface area contributed by atoms with Crippen molar-refractivity contribution in [2.45, 2.75) is 0 Å². The van der Waals surface area contributed by atoms with Crippen molar-refractivity contribution in [1.29, 1.82) is 0 Å². The molecule has 6 aromatic rings. The monoisotopic (exact) mass is 462 g/mol. The molecular weight excluding hydrogens is 436 g/mol. The number of hydrogen-bond acceptors (Lipinski definition) is 2. The minimum atomic E-state index is 0.920. The van der Waals surface area contributed by atoms with E-state index < -0.39 is 0 Å². The predicted octanol–water partition coefficient (Wildman–Crippen LogP) is 8.79. The lowest BCUT2D eigenvalue weighted by atomic mass is 9.81. The third-order valence-corrected chi connectivity index (χ3v) is 6.75. The molecule has 0 radical (unpaired) electrons. The van der Waals surface area contributed by atoms with Crippen molar-refractivity contribution in [2.75, 3.05) is 5.43 Å². The van der Waals surface area contributed by atoms with Gasteiger partial charge in [-0.05, 0) is 38.6 Å². The third kappa shape index (κ3) is 3.74. The molecule has 0 saturated heterocycles. The van der Waals surface area contributed by atoms with Gasteiger partial charge in [0.1, 0.15) is 0 Å². The van der Waals surface area contributed by atoms with Gasteiger partial charge < -0.3 is 5.43 Å². The highest BCUT2D eigenvalue weighted by molar-refractivity contribution is 6.21. The van der Waals surface area contributed by atoms with Crippen LogP contribution in [0.15, 0.2) is 140 Å². The maximum atomic E-state index is 6.36. The van der Waals surface area contributed by atoms with Crippen LogP contribution in [0.2, 0.25) is 0 Å². The zero-order valence-corrected chi connectivity index (χ0v) is 19.9. The van der Waals surface area contributed by atoms with Crippen LogP contribution < -0.4 is 11.3 Å². The van der Waals surface area contributed by atoms with Crippen molar-refractivity contribution in [3.05, 3.63) is 140 Å². The molecule has 0 atom stereocenters. The topological polar surface area (TPSA) is 38.0 Å². The fourth-order valence-corrected chi connectivity index (χ4v) is 5.23. The Kier molecular flexibility index (Phi) is 5.79. The molecule has 0 bridgehead atoms. The van der Waals surface area contributed by atoms with Gasteiger partial charge in [0.2, 0.25) is 0 Å². The Morgan fingerprint density at radius 2 is 0.833 bits per heavy atom. The van der Waals surface area contributed by atoms with Gasteiger partial charge in [-0.3, -0.25) is 5.84 Å². The van der Waals surface area contributed by atoms with Gasteiger partial charge >= 0.3 is 0 Å². The van der Waals surface area contributed by atoms with E-state index in [1.54, 1.807) is 0 Å². The Bertz CT molecular complexity index is 1630. The Balaban J connectivity index is 1.89. The summed E-state index contributed by atoms with van der Waals surface area (Å²) in [6.45, 7) is 0. The van der Waals surface area contributed by atoms with E-state index in [1.807, 2.05) is 6.07 Å². The number of nitrogens with one attached hydrogen (secondary N) is 1. The first-order valence-electron chi connectivity index (χ1n) is 12.2. The first-order valence-corrected chi connectivity index (χ1v) is 12.2. The molecule has 0 aliphatic heterocycles. The molecule has 6 aromatic carbocycles. The lowest BCUT2D eigenvalue weighted by Crippen LogP contribution is -2.11. The van der Waals surface area contributed by atoms with Gasteiger partial charge in [0.15, 0.2) is 0 Å². The van der Waals surface area contributed by atoms with Crippen LogP contribution in [0.4, 0.5) is 5.69 Å². The van der Waals surface area contributed by atoms with Crippen molar-refractivity contribution in [3.8, 4) is 44.5 Å². The van der Waals surface area contributed by atoms with E-state index in [9.17, 15) is 0 Å². The maximum absolute atomic E-state index is 6.36. The molecule has 0 aliphatic rings. The normalized spacial score (nSPS) is 10.9.